The van der Waals surface area contributed by atoms with E-state index in [1.54, 1.807) is 0 Å². The Kier molecular flexibility index (Phi) is 7.06. The van der Waals surface area contributed by atoms with Crippen LogP contribution in [0.4, 0.5) is 0 Å². The molecule has 1 saturated heterocycles. The summed E-state index contributed by atoms with van der Waals surface area (Å²) in [7, 11) is 0. The molecule has 2 amide bonds. The molecule has 0 unspecified atom stereocenters. The van der Waals surface area contributed by atoms with Crippen LogP contribution in [-0.2, 0) is 22.6 Å². The maximum absolute atomic E-state index is 12.8. The molecule has 3 rings (SSSR count). The second kappa shape index (κ2) is 9.71. The molecular formula is C22H32N4O2. The Bertz CT molecular complexity index is 804. The minimum Gasteiger partial charge on any atom is -0.355 e. The van der Waals surface area contributed by atoms with Gasteiger partial charge < -0.3 is 14.8 Å². The Hall–Kier alpha value is -2.37. The predicted octanol–water partition coefficient (Wildman–Crippen LogP) is 3.14. The van der Waals surface area contributed by atoms with E-state index in [1.807, 2.05) is 47.6 Å². The molecule has 0 saturated carbocycles. The van der Waals surface area contributed by atoms with Gasteiger partial charge in [-0.1, -0.05) is 26.0 Å². The number of carbonyl (C=O) groups is 2. The molecule has 1 aliphatic heterocycles. The van der Waals surface area contributed by atoms with Gasteiger partial charge in [-0.25, -0.2) is 4.98 Å². The van der Waals surface area contributed by atoms with Crippen LogP contribution in [0.1, 0.15) is 51.8 Å². The summed E-state index contributed by atoms with van der Waals surface area (Å²) in [4.78, 5) is 31.8. The van der Waals surface area contributed by atoms with Gasteiger partial charge in [0.1, 0.15) is 12.4 Å². The lowest BCUT2D eigenvalue weighted by molar-refractivity contribution is -0.132. The van der Waals surface area contributed by atoms with Crippen LogP contribution >= 0.6 is 0 Å². The molecule has 0 spiro atoms. The Balaban J connectivity index is 1.71. The minimum absolute atomic E-state index is 0.0690. The van der Waals surface area contributed by atoms with E-state index in [-0.39, 0.29) is 17.7 Å². The summed E-state index contributed by atoms with van der Waals surface area (Å²) in [6.07, 6.45) is 5.71. The number of hydrogen-bond donors (Lipinski definition) is 1. The third kappa shape index (κ3) is 4.72. The average Bonchev–Trinajstić information content (AvgIpc) is 3.07. The van der Waals surface area contributed by atoms with Crippen molar-refractivity contribution in [1.82, 2.24) is 19.8 Å². The van der Waals surface area contributed by atoms with Gasteiger partial charge in [0.25, 0.3) is 0 Å². The van der Waals surface area contributed by atoms with Crippen molar-refractivity contribution in [3.63, 3.8) is 0 Å². The molecule has 2 heterocycles. The highest BCUT2D eigenvalue weighted by atomic mass is 16.2. The second-order valence-corrected chi connectivity index (χ2v) is 7.60. The lowest BCUT2D eigenvalue weighted by atomic mass is 10.0. The molecule has 1 N–H and O–H groups in total. The first-order valence-electron chi connectivity index (χ1n) is 10.6. The van der Waals surface area contributed by atoms with Gasteiger partial charge in [-0.3, -0.25) is 9.59 Å². The monoisotopic (exact) mass is 384 g/mol. The number of benzene rings is 1. The fourth-order valence-electron chi connectivity index (χ4n) is 3.97. The molecule has 0 radical (unpaired) electrons. The smallest absolute Gasteiger partial charge is 0.242 e. The van der Waals surface area contributed by atoms with E-state index in [9.17, 15) is 9.59 Å². The van der Waals surface area contributed by atoms with E-state index < -0.39 is 0 Å². The standard InChI is InChI=1S/C22H32N4O2/c1-3-17(4-2)22(28)23-13-12-20-24-18-10-6-7-11-19(18)26(20)16-21(27)25-14-8-5-9-15-25/h6-7,10-11,17H,3-5,8-9,12-16H2,1-2H3,(H,23,28). The quantitative estimate of drug-likeness (QED) is 0.760. The Morgan fingerprint density at radius 3 is 2.54 bits per heavy atom. The molecule has 1 aromatic heterocycles. The maximum atomic E-state index is 12.8. The largest absolute Gasteiger partial charge is 0.355 e. The van der Waals surface area contributed by atoms with E-state index in [1.165, 1.54) is 6.42 Å². The molecule has 152 valence electrons. The van der Waals surface area contributed by atoms with Crippen molar-refractivity contribution in [2.24, 2.45) is 5.92 Å². The molecule has 6 heteroatoms. The van der Waals surface area contributed by atoms with Gasteiger partial charge in [-0.05, 0) is 44.2 Å². The number of nitrogens with zero attached hydrogens (tertiary/aromatic N) is 3. The Morgan fingerprint density at radius 2 is 1.82 bits per heavy atom. The molecule has 0 aliphatic carbocycles. The summed E-state index contributed by atoms with van der Waals surface area (Å²) in [6, 6.07) is 7.93. The third-order valence-electron chi connectivity index (χ3n) is 5.74. The van der Waals surface area contributed by atoms with Crippen LogP contribution < -0.4 is 5.32 Å². The van der Waals surface area contributed by atoms with E-state index in [0.29, 0.717) is 19.5 Å². The summed E-state index contributed by atoms with van der Waals surface area (Å²) in [6.45, 7) is 6.64. The molecular weight excluding hydrogens is 352 g/mol. The van der Waals surface area contributed by atoms with E-state index >= 15 is 0 Å². The summed E-state index contributed by atoms with van der Waals surface area (Å²) < 4.78 is 2.02. The lowest BCUT2D eigenvalue weighted by Crippen LogP contribution is -2.38. The van der Waals surface area contributed by atoms with Crippen molar-refractivity contribution in [3.05, 3.63) is 30.1 Å². The van der Waals surface area contributed by atoms with Crippen molar-refractivity contribution in [3.8, 4) is 0 Å². The molecule has 1 aliphatic rings. The fraction of sp³-hybridized carbons (Fsp3) is 0.591. The number of fused-ring (bicyclic) bond motifs is 1. The van der Waals surface area contributed by atoms with Crippen LogP contribution in [0.2, 0.25) is 0 Å². The van der Waals surface area contributed by atoms with Gasteiger partial charge in [0.05, 0.1) is 11.0 Å². The van der Waals surface area contributed by atoms with Crippen molar-refractivity contribution >= 4 is 22.8 Å². The number of nitrogens with one attached hydrogen (secondary N) is 1. The van der Waals surface area contributed by atoms with E-state index in [0.717, 1.165) is 55.6 Å². The molecule has 0 atom stereocenters. The first-order chi connectivity index (χ1) is 13.6. The van der Waals surface area contributed by atoms with Gasteiger partial charge in [-0.15, -0.1) is 0 Å². The molecule has 0 bridgehead atoms. The van der Waals surface area contributed by atoms with Crippen LogP contribution in [0.3, 0.4) is 0 Å². The van der Waals surface area contributed by atoms with Crippen LogP contribution in [-0.4, -0.2) is 45.9 Å². The normalized spacial score (nSPS) is 14.6. The minimum atomic E-state index is 0.0690. The van der Waals surface area contributed by atoms with Gasteiger partial charge in [0.15, 0.2) is 0 Å². The Labute approximate surface area is 167 Å². The van der Waals surface area contributed by atoms with Crippen molar-refractivity contribution in [2.75, 3.05) is 19.6 Å². The van der Waals surface area contributed by atoms with Crippen LogP contribution in [0.25, 0.3) is 11.0 Å². The number of hydrogen-bond acceptors (Lipinski definition) is 3. The highest BCUT2D eigenvalue weighted by Crippen LogP contribution is 2.18. The molecule has 1 aromatic carbocycles. The number of aromatic nitrogens is 2. The van der Waals surface area contributed by atoms with Crippen molar-refractivity contribution < 1.29 is 9.59 Å². The zero-order valence-electron chi connectivity index (χ0n) is 17.1. The van der Waals surface area contributed by atoms with E-state index in [4.69, 9.17) is 4.98 Å². The number of likely N-dealkylation sites (tertiary alicyclic amines) is 1. The second-order valence-electron chi connectivity index (χ2n) is 7.60. The lowest BCUT2D eigenvalue weighted by Gasteiger charge is -2.27. The number of rotatable bonds is 8. The average molecular weight is 385 g/mol. The summed E-state index contributed by atoms with van der Waals surface area (Å²) in [5, 5.41) is 3.03. The van der Waals surface area contributed by atoms with Gasteiger partial charge in [-0.2, -0.15) is 0 Å². The number of piperidine rings is 1. The highest BCUT2D eigenvalue weighted by molar-refractivity contribution is 5.81. The predicted molar refractivity (Wildman–Crippen MR) is 111 cm³/mol. The SMILES string of the molecule is CCC(CC)C(=O)NCCc1nc2ccccc2n1CC(=O)N1CCCCC1. The van der Waals surface area contributed by atoms with E-state index in [2.05, 4.69) is 5.32 Å². The number of imidazole rings is 1. The first-order valence-corrected chi connectivity index (χ1v) is 10.6. The summed E-state index contributed by atoms with van der Waals surface area (Å²) >= 11 is 0. The van der Waals surface area contributed by atoms with Gasteiger partial charge in [0, 0.05) is 32.0 Å². The van der Waals surface area contributed by atoms with Crippen molar-refractivity contribution in [1.29, 1.82) is 0 Å². The summed E-state index contributed by atoms with van der Waals surface area (Å²) in [5.74, 6) is 1.19. The van der Waals surface area contributed by atoms with Gasteiger partial charge in [0.2, 0.25) is 11.8 Å². The fourth-order valence-corrected chi connectivity index (χ4v) is 3.97. The number of carbonyl (C=O) groups excluding carboxylic acids is 2. The molecule has 1 fully saturated rings. The maximum Gasteiger partial charge on any atom is 0.242 e. The third-order valence-corrected chi connectivity index (χ3v) is 5.74. The Morgan fingerprint density at radius 1 is 1.11 bits per heavy atom. The number of amides is 2. The molecule has 6 nitrogen and oxygen atoms in total. The van der Waals surface area contributed by atoms with Gasteiger partial charge >= 0.3 is 0 Å². The zero-order chi connectivity index (χ0) is 19.9. The van der Waals surface area contributed by atoms with Crippen molar-refractivity contribution in [2.45, 2.75) is 58.9 Å². The van der Waals surface area contributed by atoms with Crippen LogP contribution in [0.15, 0.2) is 24.3 Å². The number of para-hydroxylation sites is 2. The first kappa shape index (κ1) is 20.4. The molecule has 28 heavy (non-hydrogen) atoms. The highest BCUT2D eigenvalue weighted by Gasteiger charge is 2.20. The molecule has 2 aromatic rings. The summed E-state index contributed by atoms with van der Waals surface area (Å²) in [5.41, 5.74) is 1.88. The zero-order valence-corrected chi connectivity index (χ0v) is 17.1. The topological polar surface area (TPSA) is 67.2 Å². The van der Waals surface area contributed by atoms with Crippen LogP contribution in [0.5, 0.6) is 0 Å². The van der Waals surface area contributed by atoms with Crippen LogP contribution in [0, 0.1) is 5.92 Å².